The molecule has 4 aromatic heterocycles. The molecule has 0 amide bonds. The van der Waals surface area contributed by atoms with Gasteiger partial charge in [0.05, 0.1) is 5.69 Å². The first kappa shape index (κ1) is 23.0. The van der Waals surface area contributed by atoms with Crippen molar-refractivity contribution < 1.29 is 8.78 Å². The van der Waals surface area contributed by atoms with Crippen molar-refractivity contribution in [3.63, 3.8) is 0 Å². The molecule has 1 saturated heterocycles. The highest BCUT2D eigenvalue weighted by atomic mass is 19.1. The summed E-state index contributed by atoms with van der Waals surface area (Å²) in [4.78, 5) is 30.7. The summed E-state index contributed by atoms with van der Waals surface area (Å²) in [6.07, 6.45) is 1.65. The molecule has 1 aliphatic rings. The predicted molar refractivity (Wildman–Crippen MR) is 134 cm³/mol. The third kappa shape index (κ3) is 3.96. The van der Waals surface area contributed by atoms with Crippen LogP contribution in [0.15, 0.2) is 47.4 Å². The molecule has 1 fully saturated rings. The average Bonchev–Trinajstić information content (AvgIpc) is 3.44. The molecule has 37 heavy (non-hydrogen) atoms. The molecule has 6 rings (SSSR count). The van der Waals surface area contributed by atoms with Gasteiger partial charge in [-0.1, -0.05) is 6.07 Å². The molecule has 0 saturated carbocycles. The third-order valence-electron chi connectivity index (χ3n) is 6.73. The molecule has 0 aliphatic carbocycles. The van der Waals surface area contributed by atoms with Gasteiger partial charge in [0.25, 0.3) is 0 Å². The number of hydrogen-bond donors (Lipinski definition) is 1. The fourth-order valence-corrected chi connectivity index (χ4v) is 4.79. The van der Waals surface area contributed by atoms with Gasteiger partial charge in [0.15, 0.2) is 11.3 Å². The Kier molecular flexibility index (Phi) is 5.56. The van der Waals surface area contributed by atoms with E-state index in [-0.39, 0.29) is 11.6 Å². The fourth-order valence-electron chi connectivity index (χ4n) is 4.79. The minimum Gasteiger partial charge on any atom is -0.368 e. The number of nitrogen functional groups attached to an aromatic ring is 1. The zero-order chi connectivity index (χ0) is 25.7. The number of rotatable bonds is 5. The summed E-state index contributed by atoms with van der Waals surface area (Å²) < 4.78 is 31.9. The van der Waals surface area contributed by atoms with E-state index in [1.54, 1.807) is 29.9 Å². The molecular weight excluding hydrogens is 482 g/mol. The number of nitrogens with two attached hydrogens (primary N) is 1. The number of imidazole rings is 1. The molecule has 0 bridgehead atoms. The second kappa shape index (κ2) is 8.92. The van der Waals surface area contributed by atoms with Crippen LogP contribution in [0.3, 0.4) is 0 Å². The van der Waals surface area contributed by atoms with Crippen LogP contribution >= 0.6 is 0 Å². The molecule has 1 aromatic carbocycles. The highest BCUT2D eigenvalue weighted by Gasteiger charge is 2.23. The lowest BCUT2D eigenvalue weighted by atomic mass is 10.2. The lowest BCUT2D eigenvalue weighted by Gasteiger charge is -2.36. The summed E-state index contributed by atoms with van der Waals surface area (Å²) in [5, 5.41) is 4.45. The summed E-state index contributed by atoms with van der Waals surface area (Å²) in [7, 11) is 1.67. The van der Waals surface area contributed by atoms with Gasteiger partial charge in [0.1, 0.15) is 22.8 Å². The average molecular weight is 507 g/mol. The number of benzene rings is 1. The van der Waals surface area contributed by atoms with Crippen molar-refractivity contribution in [3.05, 3.63) is 64.7 Å². The van der Waals surface area contributed by atoms with Gasteiger partial charge in [-0.2, -0.15) is 9.50 Å². The summed E-state index contributed by atoms with van der Waals surface area (Å²) in [6, 6.07) is 9.08. The Hall–Kier alpha value is -4.39. The molecule has 11 nitrogen and oxygen atoms in total. The molecule has 0 radical (unpaired) electrons. The molecule has 190 valence electrons. The van der Waals surface area contributed by atoms with Crippen molar-refractivity contribution in [2.24, 2.45) is 7.05 Å². The first-order valence-corrected chi connectivity index (χ1v) is 11.9. The van der Waals surface area contributed by atoms with Crippen LogP contribution in [-0.4, -0.2) is 71.3 Å². The Morgan fingerprint density at radius 2 is 1.81 bits per heavy atom. The van der Waals surface area contributed by atoms with Crippen LogP contribution in [0.5, 0.6) is 0 Å². The topological polar surface area (TPSA) is 115 Å². The van der Waals surface area contributed by atoms with Gasteiger partial charge in [-0.05, 0) is 24.3 Å². The van der Waals surface area contributed by atoms with E-state index < -0.39 is 11.6 Å². The van der Waals surface area contributed by atoms with Crippen LogP contribution in [0, 0.1) is 11.6 Å². The maximum absolute atomic E-state index is 14.2. The highest BCUT2D eigenvalue weighted by molar-refractivity contribution is 5.88. The Balaban J connectivity index is 1.24. The van der Waals surface area contributed by atoms with Gasteiger partial charge in [-0.3, -0.25) is 19.0 Å². The molecule has 0 spiro atoms. The van der Waals surface area contributed by atoms with Crippen LogP contribution in [0.4, 0.5) is 20.4 Å². The number of hydrogen-bond acceptors (Lipinski definition) is 8. The number of fused-ring (bicyclic) bond motifs is 3. The molecule has 13 heteroatoms. The zero-order valence-electron chi connectivity index (χ0n) is 20.1. The van der Waals surface area contributed by atoms with E-state index in [1.165, 1.54) is 21.2 Å². The van der Waals surface area contributed by atoms with Gasteiger partial charge in [0.2, 0.25) is 11.8 Å². The van der Waals surface area contributed by atoms with Crippen molar-refractivity contribution >= 4 is 28.4 Å². The second-order valence-corrected chi connectivity index (χ2v) is 8.95. The lowest BCUT2D eigenvalue weighted by Crippen LogP contribution is -2.47. The van der Waals surface area contributed by atoms with Crippen molar-refractivity contribution in [1.82, 2.24) is 38.6 Å². The van der Waals surface area contributed by atoms with Gasteiger partial charge in [-0.15, -0.1) is 5.10 Å². The Morgan fingerprint density at radius 3 is 2.54 bits per heavy atom. The number of aryl methyl sites for hydroxylation is 1. The minimum absolute atomic E-state index is 0.117. The summed E-state index contributed by atoms with van der Waals surface area (Å²) in [6.45, 7) is 3.52. The number of pyridine rings is 1. The lowest BCUT2D eigenvalue weighted by molar-refractivity contribution is 0.247. The summed E-state index contributed by atoms with van der Waals surface area (Å²) in [5.74, 6) is -0.653. The Morgan fingerprint density at radius 1 is 1.00 bits per heavy atom. The normalized spacial score (nSPS) is 14.7. The molecule has 0 atom stereocenters. The van der Waals surface area contributed by atoms with Gasteiger partial charge in [0, 0.05) is 58.6 Å². The third-order valence-corrected chi connectivity index (χ3v) is 6.73. The van der Waals surface area contributed by atoms with Crippen LogP contribution in [0.25, 0.3) is 28.3 Å². The molecule has 5 heterocycles. The smallest absolute Gasteiger partial charge is 0.330 e. The molecule has 2 N–H and O–H groups in total. The number of piperazine rings is 1. The maximum atomic E-state index is 14.2. The quantitative estimate of drug-likeness (QED) is 0.382. The highest BCUT2D eigenvalue weighted by Crippen LogP contribution is 2.23. The van der Waals surface area contributed by atoms with Crippen molar-refractivity contribution in [2.75, 3.05) is 43.4 Å². The van der Waals surface area contributed by atoms with Gasteiger partial charge >= 0.3 is 5.69 Å². The number of anilines is 2. The van der Waals surface area contributed by atoms with Crippen LogP contribution in [-0.2, 0) is 13.6 Å². The van der Waals surface area contributed by atoms with Gasteiger partial charge < -0.3 is 10.6 Å². The van der Waals surface area contributed by atoms with Gasteiger partial charge in [-0.25, -0.2) is 18.6 Å². The first-order valence-electron chi connectivity index (χ1n) is 11.9. The maximum Gasteiger partial charge on any atom is 0.330 e. The largest absolute Gasteiger partial charge is 0.368 e. The van der Waals surface area contributed by atoms with E-state index in [1.807, 2.05) is 11.0 Å². The van der Waals surface area contributed by atoms with E-state index in [0.29, 0.717) is 73.3 Å². The van der Waals surface area contributed by atoms with Crippen LogP contribution in [0.2, 0.25) is 0 Å². The fraction of sp³-hybridized carbons (Fsp3) is 0.292. The molecule has 1 aliphatic heterocycles. The van der Waals surface area contributed by atoms with E-state index in [0.717, 1.165) is 6.07 Å². The van der Waals surface area contributed by atoms with E-state index in [9.17, 15) is 13.6 Å². The molecule has 0 unspecified atom stereocenters. The SMILES string of the molecule is Cn1c(=O)n(CCN2CCN(c3ccc(F)cc3F)CC2)c2nc(N)n3nc(-c4ccccn4)nc3c21. The Bertz CT molecular complexity index is 1670. The minimum atomic E-state index is -0.592. The molecular formula is C24H24F2N10O. The monoisotopic (exact) mass is 506 g/mol. The van der Waals surface area contributed by atoms with Crippen molar-refractivity contribution in [1.29, 1.82) is 0 Å². The standard InChI is InChI=1S/C24H24F2N10O/c1-32-19-21(30-23(27)36-22(19)29-20(31-36)17-4-2-3-7-28-17)35(24(32)37)13-10-33-8-11-34(12-9-33)18-6-5-15(25)14-16(18)26/h2-7,14H,8-13H2,1H3,(H2,27,30). The van der Waals surface area contributed by atoms with Crippen molar-refractivity contribution in [3.8, 4) is 11.5 Å². The van der Waals surface area contributed by atoms with Crippen molar-refractivity contribution in [2.45, 2.75) is 6.54 Å². The summed E-state index contributed by atoms with van der Waals surface area (Å²) in [5.41, 5.74) is 8.35. The van der Waals surface area contributed by atoms with E-state index in [4.69, 9.17) is 5.73 Å². The van der Waals surface area contributed by atoms with Crippen LogP contribution in [0.1, 0.15) is 0 Å². The second-order valence-electron chi connectivity index (χ2n) is 8.95. The van der Waals surface area contributed by atoms with E-state index >= 15 is 0 Å². The Labute approximate surface area is 209 Å². The van der Waals surface area contributed by atoms with Crippen LogP contribution < -0.4 is 16.3 Å². The predicted octanol–water partition coefficient (Wildman–Crippen LogP) is 1.52. The van der Waals surface area contributed by atoms with E-state index in [2.05, 4.69) is 25.0 Å². The number of halogens is 2. The number of nitrogens with zero attached hydrogens (tertiary/aromatic N) is 9. The zero-order valence-corrected chi connectivity index (χ0v) is 20.1. The first-order chi connectivity index (χ1) is 17.9. The number of aromatic nitrogens is 7. The molecule has 5 aromatic rings. The summed E-state index contributed by atoms with van der Waals surface area (Å²) >= 11 is 0.